The van der Waals surface area contributed by atoms with Crippen LogP contribution < -0.4 is 5.32 Å². The molecule has 0 aromatic heterocycles. The number of nitrogens with one attached hydrogen (secondary N) is 1. The van der Waals surface area contributed by atoms with Gasteiger partial charge >= 0.3 is 12.1 Å². The molecule has 0 aliphatic heterocycles. The molecule has 0 spiro atoms. The van der Waals surface area contributed by atoms with Crippen molar-refractivity contribution in [1.82, 2.24) is 5.32 Å². The van der Waals surface area contributed by atoms with Gasteiger partial charge in [0.25, 0.3) is 16.0 Å². The number of amides is 1. The third-order valence-electron chi connectivity index (χ3n) is 4.62. The molecule has 0 heterocycles. The van der Waals surface area contributed by atoms with Crippen LogP contribution in [0.1, 0.15) is 36.0 Å². The fourth-order valence-electron chi connectivity index (χ4n) is 3.08. The highest BCUT2D eigenvalue weighted by Gasteiger charge is 2.46. The summed E-state index contributed by atoms with van der Waals surface area (Å²) < 4.78 is 76.1. The summed E-state index contributed by atoms with van der Waals surface area (Å²) in [6.45, 7) is 0. The summed E-state index contributed by atoms with van der Waals surface area (Å²) in [6.07, 6.45) is -6.98. The standard InChI is InChI=1S/C17H17F3I3NO6S/c18-17(19,20)13(7-31(27,28)29)30-16(26)8-1-3-10(4-2-8)24-15(25)11-5-9(21)6-12(22)14(11)23/h5-6,8,10,13H,1-4,7H2,(H,24,25)(H,27,28,29). The Balaban J connectivity index is 1.94. The van der Waals surface area contributed by atoms with E-state index in [1.165, 1.54) is 0 Å². The van der Waals surface area contributed by atoms with Gasteiger partial charge in [0, 0.05) is 16.8 Å². The van der Waals surface area contributed by atoms with Crippen LogP contribution >= 0.6 is 67.8 Å². The highest BCUT2D eigenvalue weighted by Crippen LogP contribution is 2.30. The molecule has 1 aliphatic rings. The molecule has 0 radical (unpaired) electrons. The van der Waals surface area contributed by atoms with Crippen molar-refractivity contribution in [2.45, 2.75) is 44.0 Å². The van der Waals surface area contributed by atoms with Crippen LogP contribution in [-0.2, 0) is 19.6 Å². The summed E-state index contributed by atoms with van der Waals surface area (Å²) in [7, 11) is -4.99. The van der Waals surface area contributed by atoms with Crippen molar-refractivity contribution in [3.63, 3.8) is 0 Å². The maximum absolute atomic E-state index is 12.9. The van der Waals surface area contributed by atoms with Crippen molar-refractivity contribution in [3.05, 3.63) is 28.4 Å². The molecule has 2 rings (SSSR count). The smallest absolute Gasteiger partial charge is 0.426 e. The van der Waals surface area contributed by atoms with Gasteiger partial charge in [-0.3, -0.25) is 14.1 Å². The van der Waals surface area contributed by atoms with E-state index in [1.807, 2.05) is 6.07 Å². The molecule has 1 fully saturated rings. The number of halogens is 6. The Morgan fingerprint density at radius 3 is 2.26 bits per heavy atom. The van der Waals surface area contributed by atoms with Crippen LogP contribution in [0.15, 0.2) is 12.1 Å². The van der Waals surface area contributed by atoms with Crippen LogP contribution in [0.4, 0.5) is 13.2 Å². The van der Waals surface area contributed by atoms with Crippen molar-refractivity contribution in [1.29, 1.82) is 0 Å². The molecule has 2 N–H and O–H groups in total. The highest BCUT2D eigenvalue weighted by molar-refractivity contribution is 14.1. The van der Waals surface area contributed by atoms with Crippen LogP contribution in [0.3, 0.4) is 0 Å². The zero-order valence-electron chi connectivity index (χ0n) is 15.6. The molecule has 0 saturated heterocycles. The summed E-state index contributed by atoms with van der Waals surface area (Å²) in [5.41, 5.74) is 0.525. The monoisotopic (exact) mass is 801 g/mol. The Kier molecular flexibility index (Phi) is 9.67. The molecule has 1 aromatic carbocycles. The predicted molar refractivity (Wildman–Crippen MR) is 130 cm³/mol. The quantitative estimate of drug-likeness (QED) is 0.194. The number of ether oxygens (including phenoxy) is 1. The summed E-state index contributed by atoms with van der Waals surface area (Å²) in [6, 6.07) is 3.45. The van der Waals surface area contributed by atoms with Crippen molar-refractivity contribution < 1.29 is 40.5 Å². The van der Waals surface area contributed by atoms with Crippen LogP contribution in [0.5, 0.6) is 0 Å². The summed E-state index contributed by atoms with van der Waals surface area (Å²) in [5.74, 6) is -4.03. The lowest BCUT2D eigenvalue weighted by Crippen LogP contribution is -2.43. The average Bonchev–Trinajstić information content (AvgIpc) is 2.62. The van der Waals surface area contributed by atoms with Gasteiger partial charge in [-0.05, 0) is 106 Å². The van der Waals surface area contributed by atoms with Gasteiger partial charge in [0.05, 0.1) is 11.5 Å². The first-order chi connectivity index (χ1) is 14.2. The molecule has 174 valence electrons. The molecule has 1 amide bonds. The van der Waals surface area contributed by atoms with E-state index in [9.17, 15) is 31.2 Å². The number of carbonyl (C=O) groups is 2. The molecular weight excluding hydrogens is 784 g/mol. The molecule has 1 aliphatic carbocycles. The molecule has 7 nitrogen and oxygen atoms in total. The third-order valence-corrected chi connectivity index (χ3v) is 9.01. The van der Waals surface area contributed by atoms with Crippen molar-refractivity contribution in [2.75, 3.05) is 5.75 Å². The zero-order chi connectivity index (χ0) is 23.6. The van der Waals surface area contributed by atoms with Gasteiger partial charge in [0.1, 0.15) is 5.75 Å². The van der Waals surface area contributed by atoms with E-state index in [-0.39, 0.29) is 24.8 Å². The van der Waals surface area contributed by atoms with Crippen LogP contribution in [0.2, 0.25) is 0 Å². The van der Waals surface area contributed by atoms with E-state index in [1.54, 1.807) is 6.07 Å². The maximum Gasteiger partial charge on any atom is 0.426 e. The first-order valence-electron chi connectivity index (χ1n) is 8.85. The highest BCUT2D eigenvalue weighted by atomic mass is 127. The van der Waals surface area contributed by atoms with Crippen molar-refractivity contribution in [3.8, 4) is 0 Å². The normalized spacial score (nSPS) is 20.7. The Bertz CT molecular complexity index is 949. The minimum Gasteiger partial charge on any atom is -0.451 e. The SMILES string of the molecule is O=C(NC1CCC(C(=O)OC(CS(=O)(=O)O)C(F)(F)F)CC1)c1cc(I)cc(I)c1I. The van der Waals surface area contributed by atoms with E-state index in [0.29, 0.717) is 18.4 Å². The Morgan fingerprint density at radius 2 is 1.74 bits per heavy atom. The maximum atomic E-state index is 12.9. The Morgan fingerprint density at radius 1 is 1.16 bits per heavy atom. The first-order valence-corrected chi connectivity index (χ1v) is 13.7. The van der Waals surface area contributed by atoms with E-state index in [0.717, 1.165) is 10.7 Å². The fourth-order valence-corrected chi connectivity index (χ4v) is 6.12. The first kappa shape index (κ1) is 27.3. The molecule has 1 unspecified atom stereocenters. The summed E-state index contributed by atoms with van der Waals surface area (Å²) in [4.78, 5) is 24.7. The lowest BCUT2D eigenvalue weighted by molar-refractivity contribution is -0.218. The topological polar surface area (TPSA) is 110 Å². The van der Waals surface area contributed by atoms with E-state index in [4.69, 9.17) is 4.55 Å². The Hall–Kier alpha value is 0.0500. The number of carbonyl (C=O) groups excluding carboxylic acids is 2. The number of esters is 1. The van der Waals surface area contributed by atoms with Gasteiger partial charge in [-0.2, -0.15) is 21.6 Å². The average molecular weight is 801 g/mol. The molecule has 0 bridgehead atoms. The molecule has 1 aromatic rings. The minimum absolute atomic E-state index is 0.182. The number of hydrogen-bond donors (Lipinski definition) is 2. The Labute approximate surface area is 217 Å². The summed E-state index contributed by atoms with van der Waals surface area (Å²) in [5, 5.41) is 2.89. The molecular formula is C17H17F3I3NO6S. The van der Waals surface area contributed by atoms with Gasteiger partial charge in [-0.25, -0.2) is 0 Å². The minimum atomic E-state index is -5.13. The summed E-state index contributed by atoms with van der Waals surface area (Å²) >= 11 is 6.33. The number of benzene rings is 1. The van der Waals surface area contributed by atoms with E-state index >= 15 is 0 Å². The zero-order valence-corrected chi connectivity index (χ0v) is 22.9. The molecule has 31 heavy (non-hydrogen) atoms. The fraction of sp³-hybridized carbons (Fsp3) is 0.529. The molecule has 1 atom stereocenters. The second-order valence-corrected chi connectivity index (χ2v) is 12.0. The van der Waals surface area contributed by atoms with Crippen LogP contribution in [0.25, 0.3) is 0 Å². The van der Waals surface area contributed by atoms with E-state index < -0.39 is 40.0 Å². The molecule has 1 saturated carbocycles. The third kappa shape index (κ3) is 8.40. The van der Waals surface area contributed by atoms with Crippen LogP contribution in [0, 0.1) is 16.6 Å². The largest absolute Gasteiger partial charge is 0.451 e. The molecule has 14 heteroatoms. The number of hydrogen-bond acceptors (Lipinski definition) is 5. The van der Waals surface area contributed by atoms with Gasteiger partial charge in [-0.1, -0.05) is 0 Å². The van der Waals surface area contributed by atoms with Gasteiger partial charge in [0.2, 0.25) is 6.10 Å². The predicted octanol–water partition coefficient (Wildman–Crippen LogP) is 4.15. The van der Waals surface area contributed by atoms with E-state index in [2.05, 4.69) is 77.8 Å². The van der Waals surface area contributed by atoms with Crippen molar-refractivity contribution in [2.24, 2.45) is 5.92 Å². The van der Waals surface area contributed by atoms with Gasteiger partial charge in [0.15, 0.2) is 0 Å². The second-order valence-electron chi connectivity index (χ2n) is 6.99. The lowest BCUT2D eigenvalue weighted by atomic mass is 9.86. The number of rotatable bonds is 6. The van der Waals surface area contributed by atoms with Gasteiger partial charge < -0.3 is 10.1 Å². The van der Waals surface area contributed by atoms with Gasteiger partial charge in [-0.15, -0.1) is 0 Å². The van der Waals surface area contributed by atoms with Crippen molar-refractivity contribution >= 4 is 89.8 Å². The van der Waals surface area contributed by atoms with Crippen LogP contribution in [-0.4, -0.2) is 48.9 Å². The lowest BCUT2D eigenvalue weighted by Gasteiger charge is -2.29. The second kappa shape index (κ2) is 11.0. The number of alkyl halides is 3.